The molecule has 0 aliphatic carbocycles. The van der Waals surface area contributed by atoms with Crippen molar-refractivity contribution in [2.45, 2.75) is 6.92 Å². The molecule has 2 aromatic rings. The summed E-state index contributed by atoms with van der Waals surface area (Å²) in [5, 5.41) is 0. The molecule has 0 fully saturated rings. The molecule has 0 aliphatic heterocycles. The fraction of sp³-hybridized carbons (Fsp3) is 0.0909. The third kappa shape index (κ3) is 1.88. The van der Waals surface area contributed by atoms with Crippen molar-refractivity contribution in [1.82, 2.24) is 15.0 Å². The molecule has 0 atom stereocenters. The lowest BCUT2D eigenvalue weighted by Crippen LogP contribution is -1.97. The standard InChI is InChI=1S/C11H9N3O/c1-8-13-6-10(7-15)11(14-8)9-3-2-4-12-5-9/h2-7H,1H3. The number of carbonyl (C=O) groups is 1. The lowest BCUT2D eigenvalue weighted by atomic mass is 10.1. The summed E-state index contributed by atoms with van der Waals surface area (Å²) in [5.41, 5.74) is 1.93. The molecule has 4 heteroatoms. The molecular formula is C11H9N3O. The van der Waals surface area contributed by atoms with E-state index < -0.39 is 0 Å². The highest BCUT2D eigenvalue weighted by Crippen LogP contribution is 2.18. The number of carbonyl (C=O) groups excluding carboxylic acids is 1. The Kier molecular flexibility index (Phi) is 2.49. The third-order valence-corrected chi connectivity index (χ3v) is 2.00. The van der Waals surface area contributed by atoms with Crippen molar-refractivity contribution in [2.75, 3.05) is 0 Å². The van der Waals surface area contributed by atoms with Gasteiger partial charge in [0.2, 0.25) is 0 Å². The van der Waals surface area contributed by atoms with E-state index in [9.17, 15) is 4.79 Å². The molecule has 15 heavy (non-hydrogen) atoms. The van der Waals surface area contributed by atoms with Crippen molar-refractivity contribution in [3.8, 4) is 11.3 Å². The predicted molar refractivity (Wildman–Crippen MR) is 55.4 cm³/mol. The van der Waals surface area contributed by atoms with E-state index in [1.807, 2.05) is 6.07 Å². The van der Waals surface area contributed by atoms with Crippen LogP contribution in [0.5, 0.6) is 0 Å². The molecule has 0 N–H and O–H groups in total. The minimum Gasteiger partial charge on any atom is -0.298 e. The van der Waals surface area contributed by atoms with Crippen LogP contribution in [0.3, 0.4) is 0 Å². The number of aromatic nitrogens is 3. The number of hydrogen-bond donors (Lipinski definition) is 0. The van der Waals surface area contributed by atoms with Crippen LogP contribution in [0.25, 0.3) is 11.3 Å². The number of nitrogens with zero attached hydrogens (tertiary/aromatic N) is 3. The van der Waals surface area contributed by atoms with Gasteiger partial charge in [0.15, 0.2) is 6.29 Å². The van der Waals surface area contributed by atoms with Crippen LogP contribution in [0.2, 0.25) is 0 Å². The van der Waals surface area contributed by atoms with E-state index in [2.05, 4.69) is 15.0 Å². The summed E-state index contributed by atoms with van der Waals surface area (Å²) in [6, 6.07) is 3.67. The second-order valence-electron chi connectivity index (χ2n) is 3.08. The molecule has 0 saturated carbocycles. The van der Waals surface area contributed by atoms with E-state index >= 15 is 0 Å². The number of aldehydes is 1. The van der Waals surface area contributed by atoms with Crippen molar-refractivity contribution < 1.29 is 4.79 Å². The van der Waals surface area contributed by atoms with Crippen molar-refractivity contribution in [1.29, 1.82) is 0 Å². The first-order valence-electron chi connectivity index (χ1n) is 4.50. The van der Waals surface area contributed by atoms with E-state index in [-0.39, 0.29) is 0 Å². The maximum Gasteiger partial charge on any atom is 0.153 e. The van der Waals surface area contributed by atoms with Gasteiger partial charge in [-0.2, -0.15) is 0 Å². The number of rotatable bonds is 2. The van der Waals surface area contributed by atoms with Gasteiger partial charge in [-0.05, 0) is 19.1 Å². The highest BCUT2D eigenvalue weighted by atomic mass is 16.1. The van der Waals surface area contributed by atoms with Gasteiger partial charge < -0.3 is 0 Å². The van der Waals surface area contributed by atoms with E-state index in [4.69, 9.17) is 0 Å². The van der Waals surface area contributed by atoms with E-state index in [0.29, 0.717) is 17.1 Å². The number of aryl methyl sites for hydroxylation is 1. The van der Waals surface area contributed by atoms with Crippen molar-refractivity contribution in [2.24, 2.45) is 0 Å². The van der Waals surface area contributed by atoms with Gasteiger partial charge in [0.05, 0.1) is 11.3 Å². The van der Waals surface area contributed by atoms with Crippen molar-refractivity contribution >= 4 is 6.29 Å². The first-order chi connectivity index (χ1) is 7.31. The first-order valence-corrected chi connectivity index (χ1v) is 4.50. The largest absolute Gasteiger partial charge is 0.298 e. The summed E-state index contributed by atoms with van der Waals surface area (Å²) in [6.07, 6.45) is 5.63. The molecule has 0 aliphatic rings. The average Bonchev–Trinajstić information content (AvgIpc) is 2.30. The molecule has 0 radical (unpaired) electrons. The predicted octanol–water partition coefficient (Wildman–Crippen LogP) is 1.66. The van der Waals surface area contributed by atoms with Gasteiger partial charge in [-0.15, -0.1) is 0 Å². The second kappa shape index (κ2) is 3.96. The highest BCUT2D eigenvalue weighted by molar-refractivity contribution is 5.84. The minimum atomic E-state index is 0.480. The van der Waals surface area contributed by atoms with Crippen LogP contribution in [0.15, 0.2) is 30.7 Å². The highest BCUT2D eigenvalue weighted by Gasteiger charge is 2.06. The van der Waals surface area contributed by atoms with E-state index in [0.717, 1.165) is 11.8 Å². The van der Waals surface area contributed by atoms with Crippen LogP contribution in [0.1, 0.15) is 16.2 Å². The first kappa shape index (κ1) is 9.45. The second-order valence-corrected chi connectivity index (χ2v) is 3.08. The van der Waals surface area contributed by atoms with E-state index in [1.165, 1.54) is 6.20 Å². The zero-order valence-electron chi connectivity index (χ0n) is 8.21. The monoisotopic (exact) mass is 199 g/mol. The molecule has 0 unspecified atom stereocenters. The quantitative estimate of drug-likeness (QED) is 0.690. The molecule has 0 spiro atoms. The van der Waals surface area contributed by atoms with Crippen LogP contribution >= 0.6 is 0 Å². The molecule has 0 bridgehead atoms. The zero-order valence-corrected chi connectivity index (χ0v) is 8.21. The van der Waals surface area contributed by atoms with Crippen LogP contribution in [-0.2, 0) is 0 Å². The molecule has 2 aromatic heterocycles. The SMILES string of the molecule is Cc1ncc(C=O)c(-c2cccnc2)n1. The Morgan fingerprint density at radius 1 is 1.33 bits per heavy atom. The summed E-state index contributed by atoms with van der Waals surface area (Å²) < 4.78 is 0. The Morgan fingerprint density at radius 2 is 2.20 bits per heavy atom. The summed E-state index contributed by atoms with van der Waals surface area (Å²) in [6.45, 7) is 1.79. The van der Waals surface area contributed by atoms with Gasteiger partial charge in [0.1, 0.15) is 5.82 Å². The maximum absolute atomic E-state index is 10.8. The molecule has 0 amide bonds. The summed E-state index contributed by atoms with van der Waals surface area (Å²) >= 11 is 0. The topological polar surface area (TPSA) is 55.7 Å². The van der Waals surface area contributed by atoms with Gasteiger partial charge in [-0.1, -0.05) is 0 Å². The maximum atomic E-state index is 10.8. The molecule has 4 nitrogen and oxygen atoms in total. The average molecular weight is 199 g/mol. The summed E-state index contributed by atoms with van der Waals surface area (Å²) in [4.78, 5) is 23.0. The lowest BCUT2D eigenvalue weighted by molar-refractivity contribution is 0.112. The Hall–Kier alpha value is -2.10. The fourth-order valence-electron chi connectivity index (χ4n) is 1.30. The minimum absolute atomic E-state index is 0.480. The third-order valence-electron chi connectivity index (χ3n) is 2.00. The van der Waals surface area contributed by atoms with Crippen LogP contribution in [0, 0.1) is 6.92 Å². The summed E-state index contributed by atoms with van der Waals surface area (Å²) in [5.74, 6) is 0.638. The molecule has 0 saturated heterocycles. The smallest absolute Gasteiger partial charge is 0.153 e. The van der Waals surface area contributed by atoms with Gasteiger partial charge >= 0.3 is 0 Å². The van der Waals surface area contributed by atoms with Gasteiger partial charge in [-0.3, -0.25) is 9.78 Å². The molecule has 2 heterocycles. The van der Waals surface area contributed by atoms with Gasteiger partial charge in [0, 0.05) is 24.2 Å². The molecular weight excluding hydrogens is 190 g/mol. The van der Waals surface area contributed by atoms with Gasteiger partial charge in [-0.25, -0.2) is 9.97 Å². The Balaban J connectivity index is 2.61. The van der Waals surface area contributed by atoms with Crippen molar-refractivity contribution in [3.05, 3.63) is 42.1 Å². The van der Waals surface area contributed by atoms with Crippen LogP contribution < -0.4 is 0 Å². The number of pyridine rings is 1. The van der Waals surface area contributed by atoms with Crippen LogP contribution in [0.4, 0.5) is 0 Å². The fourth-order valence-corrected chi connectivity index (χ4v) is 1.30. The van der Waals surface area contributed by atoms with Crippen LogP contribution in [-0.4, -0.2) is 21.2 Å². The summed E-state index contributed by atoms with van der Waals surface area (Å²) in [7, 11) is 0. The Labute approximate surface area is 87.0 Å². The number of hydrogen-bond acceptors (Lipinski definition) is 4. The normalized spacial score (nSPS) is 9.93. The zero-order chi connectivity index (χ0) is 10.7. The lowest BCUT2D eigenvalue weighted by Gasteiger charge is -2.03. The van der Waals surface area contributed by atoms with E-state index in [1.54, 1.807) is 25.4 Å². The van der Waals surface area contributed by atoms with Crippen molar-refractivity contribution in [3.63, 3.8) is 0 Å². The molecule has 2 rings (SSSR count). The Morgan fingerprint density at radius 3 is 2.87 bits per heavy atom. The molecule has 0 aromatic carbocycles. The molecule has 74 valence electrons. The van der Waals surface area contributed by atoms with Gasteiger partial charge in [0.25, 0.3) is 0 Å². The Bertz CT molecular complexity index is 482.